The number of hydrogen-bond acceptors (Lipinski definition) is 2. The minimum Gasteiger partial charge on any atom is -0.316 e. The van der Waals surface area contributed by atoms with Gasteiger partial charge in [0.15, 0.2) is 5.78 Å². The number of benzene rings is 1. The van der Waals surface area contributed by atoms with E-state index < -0.39 is 5.82 Å². The second-order valence-corrected chi connectivity index (χ2v) is 4.72. The van der Waals surface area contributed by atoms with Crippen molar-refractivity contribution in [3.63, 3.8) is 0 Å². The number of carbonyl (C=O) groups excluding carboxylic acids is 1. The van der Waals surface area contributed by atoms with Crippen LogP contribution < -0.4 is 0 Å². The van der Waals surface area contributed by atoms with Crippen molar-refractivity contribution >= 4 is 17.4 Å². The molecule has 0 saturated carbocycles. The van der Waals surface area contributed by atoms with Crippen molar-refractivity contribution in [3.05, 3.63) is 52.6 Å². The quantitative estimate of drug-likeness (QED) is 0.641. The molecule has 1 aromatic heterocycles. The van der Waals surface area contributed by atoms with Crippen LogP contribution in [0.2, 0.25) is 0 Å². The van der Waals surface area contributed by atoms with E-state index in [1.807, 2.05) is 13.0 Å². The van der Waals surface area contributed by atoms with Gasteiger partial charge in [-0.2, -0.15) is 5.26 Å². The second kappa shape index (κ2) is 5.48. The minimum atomic E-state index is -0.468. The number of rotatable bonds is 3. The number of aryl methyl sites for hydroxylation is 1. The van der Waals surface area contributed by atoms with Crippen LogP contribution in [0.4, 0.5) is 4.39 Å². The Balaban J connectivity index is 2.69. The van der Waals surface area contributed by atoms with Crippen molar-refractivity contribution in [2.75, 3.05) is 5.88 Å². The van der Waals surface area contributed by atoms with E-state index in [1.165, 1.54) is 18.2 Å². The molecule has 0 aliphatic heterocycles. The van der Waals surface area contributed by atoms with Crippen molar-refractivity contribution in [1.82, 2.24) is 4.57 Å². The van der Waals surface area contributed by atoms with E-state index in [1.54, 1.807) is 17.6 Å². The van der Waals surface area contributed by atoms with Crippen LogP contribution in [0.1, 0.15) is 27.3 Å². The van der Waals surface area contributed by atoms with Gasteiger partial charge in [-0.05, 0) is 38.1 Å². The largest absolute Gasteiger partial charge is 0.316 e. The van der Waals surface area contributed by atoms with Gasteiger partial charge in [-0.25, -0.2) is 4.39 Å². The van der Waals surface area contributed by atoms with Crippen LogP contribution in [-0.2, 0) is 0 Å². The standard InChI is InChI=1S/C15H12ClFN2O/c1-9-5-13(15(20)7-16)10(2)19(9)14-4-3-12(17)6-11(14)8-18/h3-6H,7H2,1-2H3. The summed E-state index contributed by atoms with van der Waals surface area (Å²) in [6, 6.07) is 7.69. The highest BCUT2D eigenvalue weighted by atomic mass is 35.5. The van der Waals surface area contributed by atoms with Gasteiger partial charge in [-0.3, -0.25) is 4.79 Å². The number of nitriles is 1. The Bertz CT molecular complexity index is 728. The molecule has 1 aromatic carbocycles. The summed E-state index contributed by atoms with van der Waals surface area (Å²) in [5, 5.41) is 9.13. The number of nitrogens with zero attached hydrogens (tertiary/aromatic N) is 2. The smallest absolute Gasteiger partial charge is 0.179 e. The topological polar surface area (TPSA) is 45.8 Å². The van der Waals surface area contributed by atoms with E-state index in [4.69, 9.17) is 16.9 Å². The van der Waals surface area contributed by atoms with Gasteiger partial charge in [0.25, 0.3) is 0 Å². The van der Waals surface area contributed by atoms with E-state index in [0.717, 1.165) is 5.69 Å². The number of carbonyl (C=O) groups is 1. The van der Waals surface area contributed by atoms with Crippen LogP contribution >= 0.6 is 11.6 Å². The van der Waals surface area contributed by atoms with Gasteiger partial charge >= 0.3 is 0 Å². The SMILES string of the molecule is Cc1cc(C(=O)CCl)c(C)n1-c1ccc(F)cc1C#N. The molecule has 5 heteroatoms. The average molecular weight is 291 g/mol. The molecule has 0 radical (unpaired) electrons. The number of halogens is 2. The fourth-order valence-electron chi connectivity index (χ4n) is 2.28. The predicted molar refractivity (Wildman–Crippen MR) is 75.0 cm³/mol. The minimum absolute atomic E-state index is 0.0984. The van der Waals surface area contributed by atoms with E-state index in [2.05, 4.69) is 0 Å². The van der Waals surface area contributed by atoms with Gasteiger partial charge in [0.1, 0.15) is 11.9 Å². The fraction of sp³-hybridized carbons (Fsp3) is 0.200. The highest BCUT2D eigenvalue weighted by Gasteiger charge is 2.17. The summed E-state index contributed by atoms with van der Waals surface area (Å²) in [5.74, 6) is -0.741. The molecule has 0 aliphatic rings. The van der Waals surface area contributed by atoms with Crippen LogP contribution in [0, 0.1) is 31.0 Å². The summed E-state index contributed by atoms with van der Waals surface area (Å²) in [6.45, 7) is 3.60. The third-order valence-electron chi connectivity index (χ3n) is 3.17. The van der Waals surface area contributed by atoms with Gasteiger partial charge in [-0.15, -0.1) is 11.6 Å². The lowest BCUT2D eigenvalue weighted by Gasteiger charge is -2.11. The molecule has 3 nitrogen and oxygen atoms in total. The van der Waals surface area contributed by atoms with Crippen molar-refractivity contribution in [2.45, 2.75) is 13.8 Å². The molecule has 0 aliphatic carbocycles. The molecule has 102 valence electrons. The van der Waals surface area contributed by atoms with E-state index in [-0.39, 0.29) is 17.2 Å². The first-order chi connectivity index (χ1) is 9.49. The summed E-state index contributed by atoms with van der Waals surface area (Å²) in [6.07, 6.45) is 0. The third-order valence-corrected chi connectivity index (χ3v) is 3.42. The number of alkyl halides is 1. The summed E-state index contributed by atoms with van der Waals surface area (Å²) in [4.78, 5) is 11.8. The molecule has 0 spiro atoms. The zero-order chi connectivity index (χ0) is 14.9. The Kier molecular flexibility index (Phi) is 3.91. The van der Waals surface area contributed by atoms with Gasteiger partial charge in [0.2, 0.25) is 0 Å². The fourth-order valence-corrected chi connectivity index (χ4v) is 2.42. The maximum absolute atomic E-state index is 13.2. The molecule has 0 amide bonds. The van der Waals surface area contributed by atoms with E-state index in [9.17, 15) is 9.18 Å². The van der Waals surface area contributed by atoms with Crippen LogP contribution in [0.15, 0.2) is 24.3 Å². The van der Waals surface area contributed by atoms with Crippen molar-refractivity contribution < 1.29 is 9.18 Å². The Morgan fingerprint density at radius 1 is 1.40 bits per heavy atom. The lowest BCUT2D eigenvalue weighted by atomic mass is 10.1. The molecule has 2 aromatic rings. The molecule has 0 atom stereocenters. The van der Waals surface area contributed by atoms with Crippen molar-refractivity contribution in [3.8, 4) is 11.8 Å². The van der Waals surface area contributed by atoms with Gasteiger partial charge in [0.05, 0.1) is 17.1 Å². The van der Waals surface area contributed by atoms with Crippen LogP contribution in [0.25, 0.3) is 5.69 Å². The Morgan fingerprint density at radius 3 is 2.70 bits per heavy atom. The highest BCUT2D eigenvalue weighted by molar-refractivity contribution is 6.30. The molecule has 1 heterocycles. The van der Waals surface area contributed by atoms with Gasteiger partial charge in [0, 0.05) is 17.0 Å². The molecule has 20 heavy (non-hydrogen) atoms. The number of hydrogen-bond donors (Lipinski definition) is 0. The first kappa shape index (κ1) is 14.3. The van der Waals surface area contributed by atoms with Crippen molar-refractivity contribution in [2.24, 2.45) is 0 Å². The molecule has 0 unspecified atom stereocenters. The Morgan fingerprint density at radius 2 is 2.10 bits per heavy atom. The molecule has 0 saturated heterocycles. The first-order valence-electron chi connectivity index (χ1n) is 5.97. The van der Waals surface area contributed by atoms with E-state index in [0.29, 0.717) is 16.9 Å². The molecule has 0 bridgehead atoms. The number of Topliss-reactive ketones (excluding diaryl/α,β-unsaturated/α-hetero) is 1. The summed E-state index contributed by atoms with van der Waals surface area (Å²) >= 11 is 5.58. The number of ketones is 1. The van der Waals surface area contributed by atoms with Crippen LogP contribution in [-0.4, -0.2) is 16.2 Å². The molecular weight excluding hydrogens is 279 g/mol. The van der Waals surface area contributed by atoms with Crippen LogP contribution in [0.3, 0.4) is 0 Å². The maximum Gasteiger partial charge on any atom is 0.179 e. The highest BCUT2D eigenvalue weighted by Crippen LogP contribution is 2.24. The van der Waals surface area contributed by atoms with Gasteiger partial charge in [-0.1, -0.05) is 0 Å². The van der Waals surface area contributed by atoms with Crippen molar-refractivity contribution in [1.29, 1.82) is 5.26 Å². The first-order valence-corrected chi connectivity index (χ1v) is 6.51. The second-order valence-electron chi connectivity index (χ2n) is 4.45. The zero-order valence-electron chi connectivity index (χ0n) is 11.1. The summed E-state index contributed by atoms with van der Waals surface area (Å²) in [5.41, 5.74) is 2.77. The normalized spacial score (nSPS) is 10.3. The summed E-state index contributed by atoms with van der Waals surface area (Å²) < 4.78 is 15.0. The van der Waals surface area contributed by atoms with Gasteiger partial charge < -0.3 is 4.57 Å². The third kappa shape index (κ3) is 2.33. The lowest BCUT2D eigenvalue weighted by molar-refractivity contribution is 0.102. The lowest BCUT2D eigenvalue weighted by Crippen LogP contribution is -2.05. The molecule has 0 N–H and O–H groups in total. The maximum atomic E-state index is 13.2. The monoisotopic (exact) mass is 290 g/mol. The summed E-state index contributed by atoms with van der Waals surface area (Å²) in [7, 11) is 0. The predicted octanol–water partition coefficient (Wildman–Crippen LogP) is 3.53. The number of aromatic nitrogens is 1. The zero-order valence-corrected chi connectivity index (χ0v) is 11.8. The molecular formula is C15H12ClFN2O. The Hall–Kier alpha value is -2.12. The average Bonchev–Trinajstić information content (AvgIpc) is 2.73. The Labute approximate surface area is 121 Å². The van der Waals surface area contributed by atoms with E-state index >= 15 is 0 Å². The van der Waals surface area contributed by atoms with Crippen LogP contribution in [0.5, 0.6) is 0 Å². The molecule has 2 rings (SSSR count). The molecule has 0 fully saturated rings.